The molecule has 0 bridgehead atoms. The summed E-state index contributed by atoms with van der Waals surface area (Å²) in [5.74, 6) is 0. The van der Waals surface area contributed by atoms with Gasteiger partial charge in [-0.25, -0.2) is 8.42 Å². The van der Waals surface area contributed by atoms with Crippen molar-refractivity contribution in [3.63, 3.8) is 0 Å². The second-order valence-electron chi connectivity index (χ2n) is 9.06. The third kappa shape index (κ3) is 5.14. The summed E-state index contributed by atoms with van der Waals surface area (Å²) in [7, 11) is -3.37. The normalized spacial score (nSPS) is 17.6. The Kier molecular flexibility index (Phi) is 6.82. The lowest BCUT2D eigenvalue weighted by Crippen LogP contribution is -2.29. The number of nitrogens with zero attached hydrogens (tertiary/aromatic N) is 3. The zero-order valence-electron chi connectivity index (χ0n) is 20.5. The topological polar surface area (TPSA) is 79.3 Å². The van der Waals surface area contributed by atoms with Gasteiger partial charge in [-0.05, 0) is 98.4 Å². The molecule has 3 heterocycles. The summed E-state index contributed by atoms with van der Waals surface area (Å²) in [6.07, 6.45) is 2.92. The van der Waals surface area contributed by atoms with E-state index in [9.17, 15) is 8.42 Å². The number of sulfonamides is 1. The van der Waals surface area contributed by atoms with Gasteiger partial charge in [0.2, 0.25) is 10.0 Å². The minimum atomic E-state index is -3.37. The number of hydrogen-bond acceptors (Lipinski definition) is 4. The predicted molar refractivity (Wildman–Crippen MR) is 156 cm³/mol. The third-order valence-electron chi connectivity index (χ3n) is 6.42. The van der Waals surface area contributed by atoms with Gasteiger partial charge in [0, 0.05) is 39.1 Å². The number of anilines is 2. The van der Waals surface area contributed by atoms with Crippen molar-refractivity contribution in [1.29, 1.82) is 0 Å². The Morgan fingerprint density at radius 1 is 1.00 bits per heavy atom. The highest BCUT2D eigenvalue weighted by Crippen LogP contribution is 2.44. The van der Waals surface area contributed by atoms with E-state index in [1.54, 1.807) is 18.3 Å². The van der Waals surface area contributed by atoms with E-state index in [-0.39, 0.29) is 12.1 Å². The Morgan fingerprint density at radius 3 is 2.30 bits per heavy atom. The summed E-state index contributed by atoms with van der Waals surface area (Å²) < 4.78 is 29.1. The van der Waals surface area contributed by atoms with Crippen LogP contribution in [0.25, 0.3) is 5.69 Å². The number of aromatic nitrogens is 2. The fourth-order valence-corrected chi connectivity index (χ4v) is 6.10. The molecule has 0 saturated carbocycles. The van der Waals surface area contributed by atoms with E-state index in [0.717, 1.165) is 44.7 Å². The molecule has 1 fully saturated rings. The van der Waals surface area contributed by atoms with E-state index in [4.69, 9.17) is 12.2 Å². The van der Waals surface area contributed by atoms with E-state index >= 15 is 0 Å². The molecule has 1 aliphatic heterocycles. The van der Waals surface area contributed by atoms with Crippen molar-refractivity contribution in [2.75, 3.05) is 15.9 Å². The Balaban J connectivity index is 1.62. The average molecular weight is 597 g/mol. The minimum absolute atomic E-state index is 0.175. The first-order chi connectivity index (χ1) is 17.6. The van der Waals surface area contributed by atoms with Crippen LogP contribution in [0.1, 0.15) is 34.7 Å². The van der Waals surface area contributed by atoms with Crippen molar-refractivity contribution in [3.05, 3.63) is 106 Å². The first-order valence-electron chi connectivity index (χ1n) is 11.7. The van der Waals surface area contributed by atoms with Gasteiger partial charge in [-0.1, -0.05) is 22.0 Å². The maximum atomic E-state index is 11.7. The molecule has 2 atom stereocenters. The standard InChI is InChI=1S/C27H26BrN5O2S2/c1-17-16-23(18(2)32(17)21-11-7-19(28)8-12-21)26-25(24-6-4-5-15-29-24)30-27(36)33(26)22-13-9-20(10-14-22)31-37(3,34)35/h4-16,25-26,31H,1-3H3,(H,30,36)/t25-,26+/m1/s1. The molecule has 10 heteroatoms. The fourth-order valence-electron chi connectivity index (χ4n) is 4.93. The number of pyridine rings is 1. The number of thiocarbonyl (C=S) groups is 1. The van der Waals surface area contributed by atoms with Crippen molar-refractivity contribution in [2.45, 2.75) is 25.9 Å². The lowest BCUT2D eigenvalue weighted by atomic mass is 9.96. The fraction of sp³-hybridized carbons (Fsp3) is 0.185. The first-order valence-corrected chi connectivity index (χ1v) is 14.7. The summed E-state index contributed by atoms with van der Waals surface area (Å²) in [5, 5.41) is 4.07. The van der Waals surface area contributed by atoms with Crippen LogP contribution in [-0.4, -0.2) is 29.3 Å². The van der Waals surface area contributed by atoms with Crippen LogP contribution >= 0.6 is 28.1 Å². The monoisotopic (exact) mass is 595 g/mol. The van der Waals surface area contributed by atoms with Crippen LogP contribution < -0.4 is 14.9 Å². The molecule has 2 aromatic heterocycles. The maximum Gasteiger partial charge on any atom is 0.229 e. The number of rotatable bonds is 6. The molecule has 0 aliphatic carbocycles. The van der Waals surface area contributed by atoms with Gasteiger partial charge in [0.1, 0.15) is 0 Å². The van der Waals surface area contributed by atoms with Crippen LogP contribution in [0.3, 0.4) is 0 Å². The van der Waals surface area contributed by atoms with E-state index in [1.807, 2.05) is 42.5 Å². The highest BCUT2D eigenvalue weighted by molar-refractivity contribution is 9.10. The van der Waals surface area contributed by atoms with Crippen LogP contribution in [0, 0.1) is 13.8 Å². The van der Waals surface area contributed by atoms with E-state index in [1.165, 1.54) is 0 Å². The molecular formula is C27H26BrN5O2S2. The van der Waals surface area contributed by atoms with Crippen molar-refractivity contribution >= 4 is 54.7 Å². The molecule has 0 unspecified atom stereocenters. The van der Waals surface area contributed by atoms with Crippen LogP contribution in [0.5, 0.6) is 0 Å². The predicted octanol–water partition coefficient (Wildman–Crippen LogP) is 5.80. The Labute approximate surface area is 230 Å². The highest BCUT2D eigenvalue weighted by Gasteiger charge is 2.42. The Bertz CT molecular complexity index is 1550. The minimum Gasteiger partial charge on any atom is -0.351 e. The third-order valence-corrected chi connectivity index (χ3v) is 7.87. The Hall–Kier alpha value is -3.21. The molecule has 0 radical (unpaired) electrons. The summed E-state index contributed by atoms with van der Waals surface area (Å²) >= 11 is 9.38. The smallest absolute Gasteiger partial charge is 0.229 e. The van der Waals surface area contributed by atoms with E-state index in [0.29, 0.717) is 10.8 Å². The first kappa shape index (κ1) is 25.4. The summed E-state index contributed by atoms with van der Waals surface area (Å²) in [6, 6.07) is 23.2. The summed E-state index contributed by atoms with van der Waals surface area (Å²) in [5.41, 5.74) is 6.67. The van der Waals surface area contributed by atoms with Crippen molar-refractivity contribution in [2.24, 2.45) is 0 Å². The molecule has 1 saturated heterocycles. The Morgan fingerprint density at radius 2 is 1.68 bits per heavy atom. The van der Waals surface area contributed by atoms with Crippen LogP contribution in [0.4, 0.5) is 11.4 Å². The number of nitrogens with one attached hydrogen (secondary N) is 2. The summed E-state index contributed by atoms with van der Waals surface area (Å²) in [6.45, 7) is 4.23. The van der Waals surface area contributed by atoms with Crippen LogP contribution in [0.15, 0.2) is 83.5 Å². The molecule has 2 aromatic carbocycles. The van der Waals surface area contributed by atoms with Crippen molar-refractivity contribution in [1.82, 2.24) is 14.9 Å². The van der Waals surface area contributed by atoms with Gasteiger partial charge in [-0.15, -0.1) is 0 Å². The van der Waals surface area contributed by atoms with Crippen molar-refractivity contribution in [3.8, 4) is 5.69 Å². The van der Waals surface area contributed by atoms with E-state index in [2.05, 4.69) is 72.5 Å². The van der Waals surface area contributed by atoms with Gasteiger partial charge in [0.05, 0.1) is 24.0 Å². The number of hydrogen-bond donors (Lipinski definition) is 2. The molecule has 1 aliphatic rings. The van der Waals surface area contributed by atoms with E-state index < -0.39 is 10.0 Å². The van der Waals surface area contributed by atoms with Crippen LogP contribution in [0.2, 0.25) is 0 Å². The number of benzene rings is 2. The molecule has 190 valence electrons. The van der Waals surface area contributed by atoms with Gasteiger partial charge in [-0.2, -0.15) is 0 Å². The largest absolute Gasteiger partial charge is 0.351 e. The molecule has 37 heavy (non-hydrogen) atoms. The molecule has 5 rings (SSSR count). The zero-order chi connectivity index (χ0) is 26.3. The van der Waals surface area contributed by atoms with Gasteiger partial charge in [0.25, 0.3) is 0 Å². The molecule has 0 amide bonds. The molecule has 0 spiro atoms. The van der Waals surface area contributed by atoms with Gasteiger partial charge in [0.15, 0.2) is 5.11 Å². The van der Waals surface area contributed by atoms with Crippen molar-refractivity contribution < 1.29 is 8.42 Å². The highest BCUT2D eigenvalue weighted by atomic mass is 79.9. The maximum absolute atomic E-state index is 11.7. The number of halogens is 1. The SMILES string of the molecule is Cc1cc([C@H]2[C@@H](c3ccccn3)NC(=S)N2c2ccc(NS(C)(=O)=O)cc2)c(C)n1-c1ccc(Br)cc1. The van der Waals surface area contributed by atoms with Crippen LogP contribution in [-0.2, 0) is 10.0 Å². The second kappa shape index (κ2) is 9.92. The molecule has 4 aromatic rings. The quantitative estimate of drug-likeness (QED) is 0.274. The second-order valence-corrected chi connectivity index (χ2v) is 12.1. The lowest BCUT2D eigenvalue weighted by Gasteiger charge is -2.28. The molecule has 2 N–H and O–H groups in total. The van der Waals surface area contributed by atoms with Gasteiger partial charge >= 0.3 is 0 Å². The van der Waals surface area contributed by atoms with Gasteiger partial charge < -0.3 is 14.8 Å². The lowest BCUT2D eigenvalue weighted by molar-refractivity contribution is 0.565. The number of aryl methyl sites for hydroxylation is 1. The average Bonchev–Trinajstić information content (AvgIpc) is 3.35. The summed E-state index contributed by atoms with van der Waals surface area (Å²) in [4.78, 5) is 6.73. The molecule has 7 nitrogen and oxygen atoms in total. The molecular weight excluding hydrogens is 570 g/mol. The zero-order valence-corrected chi connectivity index (χ0v) is 23.7. The van der Waals surface area contributed by atoms with Gasteiger partial charge in [-0.3, -0.25) is 9.71 Å².